The van der Waals surface area contributed by atoms with Crippen molar-refractivity contribution in [1.29, 1.82) is 0 Å². The monoisotopic (exact) mass is 337 g/mol. The number of aromatic nitrogens is 2. The number of carbonyl (C=O) groups excluding carboxylic acids is 1. The first kappa shape index (κ1) is 15.4. The van der Waals surface area contributed by atoms with Gasteiger partial charge in [-0.3, -0.25) is 9.48 Å². The van der Waals surface area contributed by atoms with Crippen LogP contribution in [0.2, 0.25) is 10.0 Å². The first-order valence-corrected chi connectivity index (χ1v) is 8.01. The molecule has 0 unspecified atom stereocenters. The zero-order valence-corrected chi connectivity index (χ0v) is 13.9. The fourth-order valence-corrected chi connectivity index (χ4v) is 3.44. The average Bonchev–Trinajstić information content (AvgIpc) is 2.89. The van der Waals surface area contributed by atoms with Crippen LogP contribution in [0.4, 0.5) is 0 Å². The van der Waals surface area contributed by atoms with Crippen LogP contribution in [0.5, 0.6) is 0 Å². The first-order valence-electron chi connectivity index (χ1n) is 7.26. The van der Waals surface area contributed by atoms with Gasteiger partial charge in [-0.25, -0.2) is 0 Å². The van der Waals surface area contributed by atoms with Crippen LogP contribution in [0.3, 0.4) is 0 Å². The van der Waals surface area contributed by atoms with Gasteiger partial charge < -0.3 is 4.90 Å². The zero-order chi connectivity index (χ0) is 15.7. The summed E-state index contributed by atoms with van der Waals surface area (Å²) in [7, 11) is 1.88. The lowest BCUT2D eigenvalue weighted by Crippen LogP contribution is -2.36. The van der Waals surface area contributed by atoms with Crippen LogP contribution < -0.4 is 0 Å². The second kappa shape index (κ2) is 6.31. The van der Waals surface area contributed by atoms with E-state index in [9.17, 15) is 4.79 Å². The van der Waals surface area contributed by atoms with E-state index in [4.69, 9.17) is 23.2 Å². The molecular weight excluding hydrogens is 321 g/mol. The fraction of sp³-hybridized carbons (Fsp3) is 0.375. The summed E-state index contributed by atoms with van der Waals surface area (Å²) in [6, 6.07) is 5.61. The Balaban J connectivity index is 1.65. The molecule has 3 rings (SSSR count). The minimum absolute atomic E-state index is 0.146. The average molecular weight is 338 g/mol. The molecule has 0 N–H and O–H groups in total. The van der Waals surface area contributed by atoms with Gasteiger partial charge in [0.2, 0.25) is 5.91 Å². The first-order chi connectivity index (χ1) is 10.5. The number of aryl methyl sites for hydroxylation is 2. The molecule has 0 aliphatic carbocycles. The minimum Gasteiger partial charge on any atom is -0.338 e. The van der Waals surface area contributed by atoms with Gasteiger partial charge in [0.25, 0.3) is 0 Å². The molecule has 22 heavy (non-hydrogen) atoms. The van der Waals surface area contributed by atoms with E-state index < -0.39 is 0 Å². The standard InChI is InChI=1S/C16H17Cl2N3O/c1-20-6-4-13(19-20)2-3-16(22)21-7-5-14-11(10-21)8-12(17)9-15(14)18/h4,6,8-9H,2-3,5,7,10H2,1H3. The summed E-state index contributed by atoms with van der Waals surface area (Å²) < 4.78 is 1.75. The quantitative estimate of drug-likeness (QED) is 0.862. The van der Waals surface area contributed by atoms with Crippen molar-refractivity contribution in [3.63, 3.8) is 0 Å². The third-order valence-electron chi connectivity index (χ3n) is 3.96. The second-order valence-corrected chi connectivity index (χ2v) is 6.41. The van der Waals surface area contributed by atoms with Crippen LogP contribution in [0.25, 0.3) is 0 Å². The van der Waals surface area contributed by atoms with Gasteiger partial charge in [0, 0.05) is 49.2 Å². The molecule has 1 aromatic carbocycles. The van der Waals surface area contributed by atoms with Crippen LogP contribution >= 0.6 is 23.2 Å². The highest BCUT2D eigenvalue weighted by molar-refractivity contribution is 6.35. The molecule has 0 radical (unpaired) electrons. The molecule has 0 bridgehead atoms. The van der Waals surface area contributed by atoms with E-state index in [1.54, 1.807) is 10.7 Å². The molecule has 0 saturated carbocycles. The predicted octanol–water partition coefficient (Wildman–Crippen LogP) is 3.24. The molecule has 0 atom stereocenters. The Kier molecular flexibility index (Phi) is 4.41. The minimum atomic E-state index is 0.146. The molecule has 0 saturated heterocycles. The molecule has 0 spiro atoms. The van der Waals surface area contributed by atoms with Crippen LogP contribution in [0.1, 0.15) is 23.2 Å². The molecule has 6 heteroatoms. The Bertz CT molecular complexity index is 711. The number of hydrogen-bond acceptors (Lipinski definition) is 2. The molecule has 2 heterocycles. The van der Waals surface area contributed by atoms with Crippen molar-refractivity contribution in [2.24, 2.45) is 7.05 Å². The van der Waals surface area contributed by atoms with Crippen molar-refractivity contribution in [2.75, 3.05) is 6.54 Å². The van der Waals surface area contributed by atoms with Crippen molar-refractivity contribution in [1.82, 2.24) is 14.7 Å². The maximum atomic E-state index is 12.4. The highest BCUT2D eigenvalue weighted by Crippen LogP contribution is 2.30. The van der Waals surface area contributed by atoms with Gasteiger partial charge in [0.15, 0.2) is 0 Å². The van der Waals surface area contributed by atoms with Crippen molar-refractivity contribution >= 4 is 29.1 Å². The van der Waals surface area contributed by atoms with Gasteiger partial charge in [-0.15, -0.1) is 0 Å². The maximum Gasteiger partial charge on any atom is 0.223 e. The second-order valence-electron chi connectivity index (χ2n) is 5.57. The third-order valence-corrected chi connectivity index (χ3v) is 4.52. The lowest BCUT2D eigenvalue weighted by molar-refractivity contribution is -0.132. The van der Waals surface area contributed by atoms with E-state index >= 15 is 0 Å². The Morgan fingerprint density at radius 2 is 2.18 bits per heavy atom. The molecule has 1 amide bonds. The summed E-state index contributed by atoms with van der Waals surface area (Å²) in [6.07, 6.45) is 3.81. The van der Waals surface area contributed by atoms with Gasteiger partial charge in [0.1, 0.15) is 0 Å². The highest BCUT2D eigenvalue weighted by Gasteiger charge is 2.22. The Morgan fingerprint density at radius 3 is 2.91 bits per heavy atom. The molecule has 1 aromatic heterocycles. The third kappa shape index (κ3) is 3.28. The van der Waals surface area contributed by atoms with E-state index in [1.165, 1.54) is 0 Å². The van der Waals surface area contributed by atoms with Crippen molar-refractivity contribution in [2.45, 2.75) is 25.8 Å². The van der Waals surface area contributed by atoms with Crippen LogP contribution in [0.15, 0.2) is 24.4 Å². The SMILES string of the molecule is Cn1ccc(CCC(=O)N2CCc3c(Cl)cc(Cl)cc3C2)n1. The topological polar surface area (TPSA) is 38.1 Å². The number of fused-ring (bicyclic) bond motifs is 1. The number of halogens is 2. The molecule has 1 aliphatic heterocycles. The van der Waals surface area contributed by atoms with E-state index in [-0.39, 0.29) is 5.91 Å². The summed E-state index contributed by atoms with van der Waals surface area (Å²) in [5.74, 6) is 0.146. The summed E-state index contributed by atoms with van der Waals surface area (Å²) in [5.41, 5.74) is 3.11. The zero-order valence-electron chi connectivity index (χ0n) is 12.4. The van der Waals surface area contributed by atoms with E-state index in [1.807, 2.05) is 30.3 Å². The lowest BCUT2D eigenvalue weighted by atomic mass is 9.99. The summed E-state index contributed by atoms with van der Waals surface area (Å²) in [4.78, 5) is 14.3. The van der Waals surface area contributed by atoms with Crippen molar-refractivity contribution in [3.8, 4) is 0 Å². The Morgan fingerprint density at radius 1 is 1.36 bits per heavy atom. The van der Waals surface area contributed by atoms with Gasteiger partial charge in [-0.1, -0.05) is 23.2 Å². The van der Waals surface area contributed by atoms with Crippen molar-refractivity contribution < 1.29 is 4.79 Å². The lowest BCUT2D eigenvalue weighted by Gasteiger charge is -2.29. The molecule has 4 nitrogen and oxygen atoms in total. The fourth-order valence-electron chi connectivity index (χ4n) is 2.81. The highest BCUT2D eigenvalue weighted by atomic mass is 35.5. The number of hydrogen-bond donors (Lipinski definition) is 0. The van der Waals surface area contributed by atoms with E-state index in [0.29, 0.717) is 36.0 Å². The Labute approximate surface area is 139 Å². The van der Waals surface area contributed by atoms with Gasteiger partial charge in [-0.05, 0) is 35.7 Å². The summed E-state index contributed by atoms with van der Waals surface area (Å²) in [6.45, 7) is 1.28. The summed E-state index contributed by atoms with van der Waals surface area (Å²) >= 11 is 12.3. The smallest absolute Gasteiger partial charge is 0.223 e. The molecule has 116 valence electrons. The number of carbonyl (C=O) groups is 1. The molecule has 1 aliphatic rings. The van der Waals surface area contributed by atoms with Crippen LogP contribution in [0, 0.1) is 0 Å². The normalized spacial score (nSPS) is 14.0. The maximum absolute atomic E-state index is 12.4. The van der Waals surface area contributed by atoms with Gasteiger partial charge in [0.05, 0.1) is 5.69 Å². The number of amides is 1. The van der Waals surface area contributed by atoms with Crippen LogP contribution in [-0.4, -0.2) is 27.1 Å². The predicted molar refractivity (Wildman–Crippen MR) is 87.1 cm³/mol. The van der Waals surface area contributed by atoms with Gasteiger partial charge >= 0.3 is 0 Å². The number of nitrogens with zero attached hydrogens (tertiary/aromatic N) is 3. The molecular formula is C16H17Cl2N3O. The van der Waals surface area contributed by atoms with Crippen molar-refractivity contribution in [3.05, 3.63) is 51.3 Å². The van der Waals surface area contributed by atoms with E-state index in [0.717, 1.165) is 23.2 Å². The number of rotatable bonds is 3. The Hall–Kier alpha value is -1.52. The van der Waals surface area contributed by atoms with Crippen LogP contribution in [-0.2, 0) is 31.2 Å². The number of benzene rings is 1. The summed E-state index contributed by atoms with van der Waals surface area (Å²) in [5, 5.41) is 5.61. The largest absolute Gasteiger partial charge is 0.338 e. The molecule has 0 fully saturated rings. The van der Waals surface area contributed by atoms with E-state index in [2.05, 4.69) is 5.10 Å². The molecule has 2 aromatic rings. The van der Waals surface area contributed by atoms with Gasteiger partial charge in [-0.2, -0.15) is 5.10 Å².